The standard InChI is InChI=1S/C19H22ClN3O3S/c1-14-6-8-16(9-7-14)27(25,26)23-12-10-22(11-13-23)19-17(20)4-3-5-18(19)21-15(2)24/h3-9H,10-13H2,1-2H3,(H,21,24). The van der Waals surface area contributed by atoms with Gasteiger partial charge < -0.3 is 10.2 Å². The molecule has 0 atom stereocenters. The normalized spacial score (nSPS) is 15.6. The lowest BCUT2D eigenvalue weighted by Crippen LogP contribution is -2.49. The first kappa shape index (κ1) is 19.7. The Kier molecular flexibility index (Phi) is 5.74. The van der Waals surface area contributed by atoms with Gasteiger partial charge in [0.15, 0.2) is 0 Å². The molecule has 1 N–H and O–H groups in total. The lowest BCUT2D eigenvalue weighted by atomic mass is 10.2. The average molecular weight is 408 g/mol. The van der Waals surface area contributed by atoms with Crippen LogP contribution in [0.3, 0.4) is 0 Å². The number of amides is 1. The topological polar surface area (TPSA) is 69.7 Å². The number of benzene rings is 2. The molecular weight excluding hydrogens is 386 g/mol. The minimum Gasteiger partial charge on any atom is -0.366 e. The highest BCUT2D eigenvalue weighted by molar-refractivity contribution is 7.89. The number of carbonyl (C=O) groups excluding carboxylic acids is 1. The van der Waals surface area contributed by atoms with Gasteiger partial charge in [-0.2, -0.15) is 4.31 Å². The number of rotatable bonds is 4. The van der Waals surface area contributed by atoms with Gasteiger partial charge in [0.05, 0.1) is 21.3 Å². The van der Waals surface area contributed by atoms with E-state index in [1.807, 2.05) is 11.8 Å². The highest BCUT2D eigenvalue weighted by Crippen LogP contribution is 2.35. The van der Waals surface area contributed by atoms with Crippen LogP contribution in [0.25, 0.3) is 0 Å². The quantitative estimate of drug-likeness (QED) is 0.845. The predicted molar refractivity (Wildman–Crippen MR) is 108 cm³/mol. The summed E-state index contributed by atoms with van der Waals surface area (Å²) in [6.45, 7) is 5.03. The Morgan fingerprint density at radius 2 is 1.67 bits per heavy atom. The second kappa shape index (κ2) is 7.88. The van der Waals surface area contributed by atoms with Gasteiger partial charge in [0.2, 0.25) is 15.9 Å². The largest absolute Gasteiger partial charge is 0.366 e. The number of nitrogens with one attached hydrogen (secondary N) is 1. The third kappa shape index (κ3) is 4.26. The maximum Gasteiger partial charge on any atom is 0.243 e. The summed E-state index contributed by atoms with van der Waals surface area (Å²) in [5.41, 5.74) is 2.37. The number of hydrogen-bond acceptors (Lipinski definition) is 4. The molecule has 144 valence electrons. The number of carbonyl (C=O) groups is 1. The molecule has 0 aliphatic carbocycles. The fourth-order valence-electron chi connectivity index (χ4n) is 3.14. The van der Waals surface area contributed by atoms with E-state index in [4.69, 9.17) is 11.6 Å². The number of para-hydroxylation sites is 1. The van der Waals surface area contributed by atoms with Gasteiger partial charge >= 0.3 is 0 Å². The van der Waals surface area contributed by atoms with Crippen LogP contribution in [0, 0.1) is 6.92 Å². The maximum atomic E-state index is 12.8. The number of hydrogen-bond donors (Lipinski definition) is 1. The molecule has 1 aliphatic rings. The van der Waals surface area contributed by atoms with Gasteiger partial charge in [-0.1, -0.05) is 35.4 Å². The molecule has 0 unspecified atom stereocenters. The first-order valence-electron chi connectivity index (χ1n) is 8.67. The first-order valence-corrected chi connectivity index (χ1v) is 10.5. The highest BCUT2D eigenvalue weighted by atomic mass is 35.5. The second-order valence-corrected chi connectivity index (χ2v) is 8.87. The minimum absolute atomic E-state index is 0.181. The van der Waals surface area contributed by atoms with Gasteiger partial charge in [-0.3, -0.25) is 4.79 Å². The summed E-state index contributed by atoms with van der Waals surface area (Å²) in [4.78, 5) is 13.8. The molecular formula is C19H22ClN3O3S. The van der Waals surface area contributed by atoms with E-state index in [1.165, 1.54) is 11.2 Å². The van der Waals surface area contributed by atoms with Crippen LogP contribution in [-0.4, -0.2) is 44.8 Å². The number of aryl methyl sites for hydroxylation is 1. The van der Waals surface area contributed by atoms with Crippen LogP contribution >= 0.6 is 11.6 Å². The van der Waals surface area contributed by atoms with Crippen LogP contribution in [-0.2, 0) is 14.8 Å². The van der Waals surface area contributed by atoms with Gasteiger partial charge in [0.1, 0.15) is 0 Å². The number of nitrogens with zero attached hydrogens (tertiary/aromatic N) is 2. The average Bonchev–Trinajstić information content (AvgIpc) is 2.62. The Morgan fingerprint density at radius 3 is 2.26 bits per heavy atom. The number of piperazine rings is 1. The fraction of sp³-hybridized carbons (Fsp3) is 0.316. The molecule has 2 aromatic rings. The summed E-state index contributed by atoms with van der Waals surface area (Å²) in [5.74, 6) is -0.181. The summed E-state index contributed by atoms with van der Waals surface area (Å²) < 4.78 is 27.2. The van der Waals surface area contributed by atoms with Gasteiger partial charge in [0.25, 0.3) is 0 Å². The van der Waals surface area contributed by atoms with Crippen LogP contribution < -0.4 is 10.2 Å². The van der Waals surface area contributed by atoms with E-state index in [-0.39, 0.29) is 5.91 Å². The van der Waals surface area contributed by atoms with E-state index in [9.17, 15) is 13.2 Å². The molecule has 3 rings (SSSR count). The molecule has 1 heterocycles. The van der Waals surface area contributed by atoms with Crippen molar-refractivity contribution in [3.05, 3.63) is 53.1 Å². The molecule has 0 bridgehead atoms. The van der Waals surface area contributed by atoms with Crippen molar-refractivity contribution in [3.8, 4) is 0 Å². The Morgan fingerprint density at radius 1 is 1.04 bits per heavy atom. The lowest BCUT2D eigenvalue weighted by molar-refractivity contribution is -0.114. The maximum absolute atomic E-state index is 12.8. The molecule has 0 aromatic heterocycles. The lowest BCUT2D eigenvalue weighted by Gasteiger charge is -2.36. The van der Waals surface area contributed by atoms with E-state index in [0.29, 0.717) is 41.8 Å². The summed E-state index contributed by atoms with van der Waals surface area (Å²) in [6.07, 6.45) is 0. The first-order chi connectivity index (χ1) is 12.8. The Hall–Kier alpha value is -2.09. The Bertz CT molecular complexity index is 937. The summed E-state index contributed by atoms with van der Waals surface area (Å²) >= 11 is 6.36. The van der Waals surface area contributed by atoms with Crippen molar-refractivity contribution < 1.29 is 13.2 Å². The van der Waals surface area contributed by atoms with E-state index in [0.717, 1.165) is 11.3 Å². The molecule has 0 radical (unpaired) electrons. The zero-order valence-electron chi connectivity index (χ0n) is 15.3. The smallest absolute Gasteiger partial charge is 0.243 e. The Balaban J connectivity index is 1.78. The van der Waals surface area contributed by atoms with Crippen LogP contribution in [0.4, 0.5) is 11.4 Å². The van der Waals surface area contributed by atoms with Gasteiger partial charge in [-0.15, -0.1) is 0 Å². The van der Waals surface area contributed by atoms with Crippen molar-refractivity contribution in [1.82, 2.24) is 4.31 Å². The summed E-state index contributed by atoms with van der Waals surface area (Å²) in [6, 6.07) is 12.2. The summed E-state index contributed by atoms with van der Waals surface area (Å²) in [5, 5.41) is 3.31. The molecule has 1 saturated heterocycles. The zero-order chi connectivity index (χ0) is 19.6. The molecule has 27 heavy (non-hydrogen) atoms. The number of sulfonamides is 1. The van der Waals surface area contributed by atoms with Crippen molar-refractivity contribution in [2.24, 2.45) is 0 Å². The molecule has 1 fully saturated rings. The SMILES string of the molecule is CC(=O)Nc1cccc(Cl)c1N1CCN(S(=O)(=O)c2ccc(C)cc2)CC1. The third-order valence-corrected chi connectivity index (χ3v) is 6.73. The Labute approximate surface area is 164 Å². The van der Waals surface area contributed by atoms with Crippen LogP contribution in [0.15, 0.2) is 47.4 Å². The van der Waals surface area contributed by atoms with E-state index in [2.05, 4.69) is 5.32 Å². The van der Waals surface area contributed by atoms with Crippen molar-refractivity contribution in [3.63, 3.8) is 0 Å². The zero-order valence-corrected chi connectivity index (χ0v) is 16.8. The van der Waals surface area contributed by atoms with Gasteiger partial charge in [-0.25, -0.2) is 8.42 Å². The third-order valence-electron chi connectivity index (χ3n) is 4.51. The monoisotopic (exact) mass is 407 g/mol. The molecule has 2 aromatic carbocycles. The van der Waals surface area contributed by atoms with Gasteiger partial charge in [-0.05, 0) is 31.2 Å². The molecule has 0 saturated carbocycles. The van der Waals surface area contributed by atoms with Crippen molar-refractivity contribution in [2.75, 3.05) is 36.4 Å². The van der Waals surface area contributed by atoms with Crippen LogP contribution in [0.5, 0.6) is 0 Å². The fourth-order valence-corrected chi connectivity index (χ4v) is 4.85. The molecule has 8 heteroatoms. The predicted octanol–water partition coefficient (Wildman–Crippen LogP) is 3.12. The number of halogens is 1. The van der Waals surface area contributed by atoms with Crippen molar-refractivity contribution in [1.29, 1.82) is 0 Å². The van der Waals surface area contributed by atoms with E-state index >= 15 is 0 Å². The van der Waals surface area contributed by atoms with Gasteiger partial charge in [0, 0.05) is 33.1 Å². The molecule has 0 spiro atoms. The van der Waals surface area contributed by atoms with Crippen LogP contribution in [0.1, 0.15) is 12.5 Å². The molecule has 1 amide bonds. The number of anilines is 2. The molecule has 1 aliphatic heterocycles. The highest BCUT2D eigenvalue weighted by Gasteiger charge is 2.29. The molecule has 6 nitrogen and oxygen atoms in total. The van der Waals surface area contributed by atoms with E-state index in [1.54, 1.807) is 42.5 Å². The van der Waals surface area contributed by atoms with Crippen molar-refractivity contribution in [2.45, 2.75) is 18.7 Å². The summed E-state index contributed by atoms with van der Waals surface area (Å²) in [7, 11) is -3.52. The van der Waals surface area contributed by atoms with Crippen molar-refractivity contribution >= 4 is 38.9 Å². The minimum atomic E-state index is -3.52. The van der Waals surface area contributed by atoms with Crippen LogP contribution in [0.2, 0.25) is 5.02 Å². The van der Waals surface area contributed by atoms with E-state index < -0.39 is 10.0 Å². The second-order valence-electron chi connectivity index (χ2n) is 6.52.